The van der Waals surface area contributed by atoms with Crippen molar-refractivity contribution in [2.45, 2.75) is 26.0 Å². The lowest BCUT2D eigenvalue weighted by atomic mass is 10.1. The summed E-state index contributed by atoms with van der Waals surface area (Å²) in [6, 6.07) is 12.4. The van der Waals surface area contributed by atoms with E-state index >= 15 is 0 Å². The Labute approximate surface area is 163 Å². The van der Waals surface area contributed by atoms with Gasteiger partial charge in [-0.25, -0.2) is 12.8 Å². The van der Waals surface area contributed by atoms with E-state index in [1.807, 2.05) is 0 Å². The van der Waals surface area contributed by atoms with Gasteiger partial charge in [0.15, 0.2) is 6.10 Å². The molecule has 2 aromatic carbocycles. The van der Waals surface area contributed by atoms with Crippen LogP contribution in [0.5, 0.6) is 0 Å². The highest BCUT2D eigenvalue weighted by Crippen LogP contribution is 2.09. The molecule has 0 aliphatic carbocycles. The number of ether oxygens (including phenoxy) is 1. The third-order valence-electron chi connectivity index (χ3n) is 3.72. The second kappa shape index (κ2) is 9.38. The van der Waals surface area contributed by atoms with Gasteiger partial charge in [0.05, 0.1) is 0 Å². The summed E-state index contributed by atoms with van der Waals surface area (Å²) in [4.78, 5) is 24.3. The summed E-state index contributed by atoms with van der Waals surface area (Å²) < 4.78 is 44.3. The number of ketones is 1. The average Bonchev–Trinajstić information content (AvgIpc) is 2.67. The number of benzene rings is 2. The number of Topliss-reactive ketones (excluding diaryl/α,β-unsaturated/α-hetero) is 1. The van der Waals surface area contributed by atoms with Crippen molar-refractivity contribution in [1.82, 2.24) is 4.72 Å². The minimum absolute atomic E-state index is 0.181. The first-order chi connectivity index (χ1) is 13.2. The van der Waals surface area contributed by atoms with Crippen molar-refractivity contribution >= 4 is 27.9 Å². The largest absolute Gasteiger partial charge is 0.453 e. The lowest BCUT2D eigenvalue weighted by Crippen LogP contribution is -2.40. The lowest BCUT2D eigenvalue weighted by molar-refractivity contribution is -0.147. The number of esters is 1. The van der Waals surface area contributed by atoms with Crippen LogP contribution in [0, 0.1) is 5.82 Å². The van der Waals surface area contributed by atoms with Gasteiger partial charge < -0.3 is 4.74 Å². The number of halogens is 1. The number of hydrogen-bond donors (Lipinski definition) is 1. The standard InChI is InChI=1S/C20H20FNO5S/c1-14(22-28(25,26)13-12-16-6-4-3-5-7-16)20(24)27-15(2)19(23)17-8-10-18(21)11-9-17/h3-15,22H,1-2H3/b13-12+/t14-,15-/m0/s1. The van der Waals surface area contributed by atoms with Gasteiger partial charge in [-0.15, -0.1) is 0 Å². The van der Waals surface area contributed by atoms with Gasteiger partial charge in [-0.3, -0.25) is 9.59 Å². The van der Waals surface area contributed by atoms with E-state index in [2.05, 4.69) is 4.72 Å². The molecule has 0 heterocycles. The minimum Gasteiger partial charge on any atom is -0.453 e. The number of hydrogen-bond acceptors (Lipinski definition) is 5. The van der Waals surface area contributed by atoms with Crippen LogP contribution in [0.15, 0.2) is 60.0 Å². The van der Waals surface area contributed by atoms with Crippen LogP contribution in [0.25, 0.3) is 6.08 Å². The van der Waals surface area contributed by atoms with Crippen LogP contribution in [-0.4, -0.2) is 32.3 Å². The monoisotopic (exact) mass is 405 g/mol. The van der Waals surface area contributed by atoms with Crippen LogP contribution in [0.1, 0.15) is 29.8 Å². The number of nitrogens with one attached hydrogen (secondary N) is 1. The lowest BCUT2D eigenvalue weighted by Gasteiger charge is -2.16. The number of sulfonamides is 1. The normalized spacial score (nSPS) is 13.8. The van der Waals surface area contributed by atoms with Gasteiger partial charge in [-0.05, 0) is 49.8 Å². The topological polar surface area (TPSA) is 89.5 Å². The Morgan fingerprint density at radius 3 is 2.25 bits per heavy atom. The molecule has 0 aromatic heterocycles. The molecule has 6 nitrogen and oxygen atoms in total. The van der Waals surface area contributed by atoms with Crippen molar-refractivity contribution in [3.8, 4) is 0 Å². The first-order valence-electron chi connectivity index (χ1n) is 8.44. The van der Waals surface area contributed by atoms with Crippen molar-refractivity contribution in [3.63, 3.8) is 0 Å². The molecule has 0 spiro atoms. The summed E-state index contributed by atoms with van der Waals surface area (Å²) in [5.74, 6) is -1.92. The van der Waals surface area contributed by atoms with Gasteiger partial charge in [0.25, 0.3) is 0 Å². The summed E-state index contributed by atoms with van der Waals surface area (Å²) in [6.45, 7) is 2.67. The van der Waals surface area contributed by atoms with Crippen molar-refractivity contribution in [3.05, 3.63) is 76.9 Å². The van der Waals surface area contributed by atoms with Crippen LogP contribution in [0.4, 0.5) is 4.39 Å². The molecule has 0 unspecified atom stereocenters. The molecule has 0 aliphatic heterocycles. The molecule has 2 aromatic rings. The van der Waals surface area contributed by atoms with E-state index in [1.165, 1.54) is 32.1 Å². The molecule has 1 N–H and O–H groups in total. The number of carbonyl (C=O) groups is 2. The van der Waals surface area contributed by atoms with E-state index in [0.717, 1.165) is 17.5 Å². The zero-order valence-corrected chi connectivity index (χ0v) is 16.1. The maximum Gasteiger partial charge on any atom is 0.324 e. The van der Waals surface area contributed by atoms with Gasteiger partial charge >= 0.3 is 5.97 Å². The molecule has 2 atom stereocenters. The SMILES string of the molecule is C[C@H](NS(=O)(=O)/C=C/c1ccccc1)C(=O)O[C@@H](C)C(=O)c1ccc(F)cc1. The molecule has 0 saturated carbocycles. The Balaban J connectivity index is 1.95. The molecule has 0 fully saturated rings. The van der Waals surface area contributed by atoms with E-state index in [4.69, 9.17) is 4.74 Å². The highest BCUT2D eigenvalue weighted by atomic mass is 32.2. The molecule has 0 saturated heterocycles. The third kappa shape index (κ3) is 6.40. The maximum absolute atomic E-state index is 12.9. The van der Waals surface area contributed by atoms with E-state index in [0.29, 0.717) is 5.56 Å². The summed E-state index contributed by atoms with van der Waals surface area (Å²) in [5.41, 5.74) is 0.863. The predicted molar refractivity (Wildman–Crippen MR) is 103 cm³/mol. The fraction of sp³-hybridized carbons (Fsp3) is 0.200. The van der Waals surface area contributed by atoms with Gasteiger partial charge in [-0.1, -0.05) is 30.3 Å². The van der Waals surface area contributed by atoms with Crippen LogP contribution in [-0.2, 0) is 19.6 Å². The molecule has 0 amide bonds. The molecule has 8 heteroatoms. The molecule has 28 heavy (non-hydrogen) atoms. The molecular formula is C20H20FNO5S. The van der Waals surface area contributed by atoms with E-state index in [9.17, 15) is 22.4 Å². The van der Waals surface area contributed by atoms with Gasteiger partial charge in [0.1, 0.15) is 11.9 Å². The Bertz CT molecular complexity index is 956. The second-order valence-electron chi connectivity index (χ2n) is 6.05. The summed E-state index contributed by atoms with van der Waals surface area (Å²) in [6.07, 6.45) is 0.242. The maximum atomic E-state index is 12.9. The van der Waals surface area contributed by atoms with Crippen LogP contribution >= 0.6 is 0 Å². The molecule has 148 valence electrons. The van der Waals surface area contributed by atoms with E-state index < -0.39 is 39.7 Å². The molecular weight excluding hydrogens is 385 g/mol. The molecule has 2 rings (SSSR count). The number of rotatable bonds is 8. The second-order valence-corrected chi connectivity index (χ2v) is 7.65. The smallest absolute Gasteiger partial charge is 0.324 e. The summed E-state index contributed by atoms with van der Waals surface area (Å²) in [5, 5.41) is 0.944. The van der Waals surface area contributed by atoms with Crippen LogP contribution in [0.3, 0.4) is 0 Å². The van der Waals surface area contributed by atoms with Gasteiger partial charge in [-0.2, -0.15) is 4.72 Å². The highest BCUT2D eigenvalue weighted by Gasteiger charge is 2.25. The third-order valence-corrected chi connectivity index (χ3v) is 4.90. The minimum atomic E-state index is -3.89. The highest BCUT2D eigenvalue weighted by molar-refractivity contribution is 7.92. The first kappa shape index (κ1) is 21.5. The Morgan fingerprint density at radius 1 is 1.04 bits per heavy atom. The molecule has 0 bridgehead atoms. The Morgan fingerprint density at radius 2 is 1.64 bits per heavy atom. The Hall–Kier alpha value is -2.84. The van der Waals surface area contributed by atoms with Crippen molar-refractivity contribution in [1.29, 1.82) is 0 Å². The van der Waals surface area contributed by atoms with Crippen molar-refractivity contribution in [2.75, 3.05) is 0 Å². The van der Waals surface area contributed by atoms with Crippen molar-refractivity contribution in [2.24, 2.45) is 0 Å². The summed E-state index contributed by atoms with van der Waals surface area (Å²) >= 11 is 0. The van der Waals surface area contributed by atoms with E-state index in [1.54, 1.807) is 30.3 Å². The first-order valence-corrected chi connectivity index (χ1v) is 9.98. The molecule has 0 radical (unpaired) electrons. The van der Waals surface area contributed by atoms with E-state index in [-0.39, 0.29) is 5.56 Å². The van der Waals surface area contributed by atoms with Crippen molar-refractivity contribution < 1.29 is 27.1 Å². The fourth-order valence-electron chi connectivity index (χ4n) is 2.24. The Kier molecular flexibility index (Phi) is 7.19. The average molecular weight is 405 g/mol. The zero-order chi connectivity index (χ0) is 20.7. The fourth-order valence-corrected chi connectivity index (χ4v) is 3.25. The molecule has 0 aliphatic rings. The predicted octanol–water partition coefficient (Wildman–Crippen LogP) is 2.92. The quantitative estimate of drug-likeness (QED) is 0.539. The van der Waals surface area contributed by atoms with Crippen LogP contribution in [0.2, 0.25) is 0 Å². The zero-order valence-electron chi connectivity index (χ0n) is 15.3. The summed E-state index contributed by atoms with van der Waals surface area (Å²) in [7, 11) is -3.89. The van der Waals surface area contributed by atoms with Gasteiger partial charge in [0.2, 0.25) is 15.8 Å². The van der Waals surface area contributed by atoms with Crippen LogP contribution < -0.4 is 4.72 Å². The number of carbonyl (C=O) groups excluding carboxylic acids is 2. The van der Waals surface area contributed by atoms with Gasteiger partial charge in [0, 0.05) is 11.0 Å².